The van der Waals surface area contributed by atoms with Crippen molar-refractivity contribution in [2.45, 2.75) is 32.6 Å². The van der Waals surface area contributed by atoms with Gasteiger partial charge < -0.3 is 4.74 Å². The highest BCUT2D eigenvalue weighted by Gasteiger charge is 2.24. The van der Waals surface area contributed by atoms with Crippen molar-refractivity contribution in [1.29, 1.82) is 0 Å². The standard InChI is InChI=1S/C15H18Cl2N2O2/c1-10(11-4-5-11)18-19-15(20)3-2-8-21-14-7-6-12(16)9-13(14)17/h6-7,9,11H,2-5,8H2,1H3,(H,19,20). The van der Waals surface area contributed by atoms with E-state index in [1.54, 1.807) is 18.2 Å². The summed E-state index contributed by atoms with van der Waals surface area (Å²) in [6.07, 6.45) is 3.33. The van der Waals surface area contributed by atoms with Gasteiger partial charge in [0, 0.05) is 17.2 Å². The van der Waals surface area contributed by atoms with Crippen LogP contribution in [0, 0.1) is 5.92 Å². The van der Waals surface area contributed by atoms with Gasteiger partial charge in [0.1, 0.15) is 5.75 Å². The van der Waals surface area contributed by atoms with Crippen molar-refractivity contribution in [2.24, 2.45) is 11.0 Å². The van der Waals surface area contributed by atoms with E-state index in [-0.39, 0.29) is 5.91 Å². The van der Waals surface area contributed by atoms with E-state index in [1.165, 1.54) is 12.8 Å². The van der Waals surface area contributed by atoms with Crippen molar-refractivity contribution in [2.75, 3.05) is 6.61 Å². The van der Waals surface area contributed by atoms with Gasteiger partial charge in [0.25, 0.3) is 0 Å². The third kappa shape index (κ3) is 5.56. The number of hydrogen-bond donors (Lipinski definition) is 1. The molecule has 1 N–H and O–H groups in total. The Morgan fingerprint density at radius 3 is 2.86 bits per heavy atom. The minimum absolute atomic E-state index is 0.0965. The molecule has 0 saturated heterocycles. The predicted octanol–water partition coefficient (Wildman–Crippen LogP) is 4.05. The zero-order valence-corrected chi connectivity index (χ0v) is 13.4. The van der Waals surface area contributed by atoms with Crippen LogP contribution in [0.15, 0.2) is 23.3 Å². The summed E-state index contributed by atoms with van der Waals surface area (Å²) in [6, 6.07) is 5.05. The minimum Gasteiger partial charge on any atom is -0.492 e. The van der Waals surface area contributed by atoms with Crippen LogP contribution in [0.3, 0.4) is 0 Å². The van der Waals surface area contributed by atoms with Crippen LogP contribution in [0.25, 0.3) is 0 Å². The SMILES string of the molecule is CC(=NNC(=O)CCCOc1ccc(Cl)cc1Cl)C1CC1. The minimum atomic E-state index is -0.0965. The Kier molecular flexibility index (Phi) is 5.88. The number of nitrogens with zero attached hydrogens (tertiary/aromatic N) is 1. The second kappa shape index (κ2) is 7.66. The van der Waals surface area contributed by atoms with E-state index < -0.39 is 0 Å². The van der Waals surface area contributed by atoms with Gasteiger partial charge >= 0.3 is 0 Å². The van der Waals surface area contributed by atoms with Gasteiger partial charge in [0.2, 0.25) is 5.91 Å². The van der Waals surface area contributed by atoms with Gasteiger partial charge in [0.15, 0.2) is 0 Å². The number of benzene rings is 1. The molecule has 0 radical (unpaired) electrons. The molecule has 1 aromatic carbocycles. The molecule has 1 aromatic rings. The Balaban J connectivity index is 1.64. The summed E-state index contributed by atoms with van der Waals surface area (Å²) in [7, 11) is 0. The molecule has 21 heavy (non-hydrogen) atoms. The van der Waals surface area contributed by atoms with Gasteiger partial charge in [-0.3, -0.25) is 4.79 Å². The average Bonchev–Trinajstić information content (AvgIpc) is 3.27. The first-order chi connectivity index (χ1) is 10.1. The van der Waals surface area contributed by atoms with Crippen LogP contribution in [-0.4, -0.2) is 18.2 Å². The van der Waals surface area contributed by atoms with Crippen LogP contribution < -0.4 is 10.2 Å². The average molecular weight is 329 g/mol. The summed E-state index contributed by atoms with van der Waals surface area (Å²) in [4.78, 5) is 11.6. The van der Waals surface area contributed by atoms with Crippen molar-refractivity contribution in [3.8, 4) is 5.75 Å². The van der Waals surface area contributed by atoms with Crippen LogP contribution >= 0.6 is 23.2 Å². The highest BCUT2D eigenvalue weighted by atomic mass is 35.5. The Labute approximate surface area is 134 Å². The molecule has 0 spiro atoms. The lowest BCUT2D eigenvalue weighted by molar-refractivity contribution is -0.121. The molecule has 0 unspecified atom stereocenters. The maximum atomic E-state index is 11.6. The summed E-state index contributed by atoms with van der Waals surface area (Å²) < 4.78 is 5.51. The van der Waals surface area contributed by atoms with Gasteiger partial charge in [-0.15, -0.1) is 0 Å². The first kappa shape index (κ1) is 16.1. The highest BCUT2D eigenvalue weighted by molar-refractivity contribution is 6.35. The molecule has 1 saturated carbocycles. The molecule has 0 atom stereocenters. The molecule has 0 bridgehead atoms. The van der Waals surface area contributed by atoms with Crippen molar-refractivity contribution < 1.29 is 9.53 Å². The molecule has 4 nitrogen and oxygen atoms in total. The number of ether oxygens (including phenoxy) is 1. The Morgan fingerprint density at radius 2 is 2.19 bits per heavy atom. The largest absolute Gasteiger partial charge is 0.492 e. The summed E-state index contributed by atoms with van der Waals surface area (Å²) in [6.45, 7) is 2.36. The lowest BCUT2D eigenvalue weighted by Gasteiger charge is -2.07. The molecular formula is C15H18Cl2N2O2. The van der Waals surface area contributed by atoms with E-state index in [9.17, 15) is 4.79 Å². The molecule has 6 heteroatoms. The zero-order chi connectivity index (χ0) is 15.2. The number of carbonyl (C=O) groups excluding carboxylic acids is 1. The molecule has 0 heterocycles. The van der Waals surface area contributed by atoms with Crippen LogP contribution in [-0.2, 0) is 4.79 Å². The number of rotatable bonds is 7. The summed E-state index contributed by atoms with van der Waals surface area (Å²) in [5, 5.41) is 5.12. The summed E-state index contributed by atoms with van der Waals surface area (Å²) in [5.41, 5.74) is 3.58. The van der Waals surface area contributed by atoms with Gasteiger partial charge in [-0.25, -0.2) is 5.43 Å². The molecule has 1 amide bonds. The van der Waals surface area contributed by atoms with E-state index in [0.29, 0.717) is 41.2 Å². The van der Waals surface area contributed by atoms with E-state index in [0.717, 1.165) is 5.71 Å². The van der Waals surface area contributed by atoms with Crippen molar-refractivity contribution in [3.63, 3.8) is 0 Å². The number of halogens is 2. The number of hydrogen-bond acceptors (Lipinski definition) is 3. The van der Waals surface area contributed by atoms with Crippen LogP contribution in [0.2, 0.25) is 10.0 Å². The van der Waals surface area contributed by atoms with Crippen molar-refractivity contribution in [3.05, 3.63) is 28.2 Å². The fourth-order valence-electron chi connectivity index (χ4n) is 1.81. The molecule has 0 aromatic heterocycles. The summed E-state index contributed by atoms with van der Waals surface area (Å²) in [5.74, 6) is 1.05. The first-order valence-electron chi connectivity index (χ1n) is 6.97. The normalized spacial score (nSPS) is 14.9. The Morgan fingerprint density at radius 1 is 1.43 bits per heavy atom. The van der Waals surface area contributed by atoms with E-state index >= 15 is 0 Å². The van der Waals surface area contributed by atoms with Gasteiger partial charge in [-0.1, -0.05) is 23.2 Å². The number of nitrogens with one attached hydrogen (secondary N) is 1. The molecular weight excluding hydrogens is 311 g/mol. The van der Waals surface area contributed by atoms with Crippen LogP contribution in [0.1, 0.15) is 32.6 Å². The second-order valence-corrected chi connectivity index (χ2v) is 5.93. The predicted molar refractivity (Wildman–Crippen MR) is 85.2 cm³/mol. The fraction of sp³-hybridized carbons (Fsp3) is 0.467. The third-order valence-corrected chi connectivity index (χ3v) is 3.76. The Bertz CT molecular complexity index is 542. The fourth-order valence-corrected chi connectivity index (χ4v) is 2.27. The van der Waals surface area contributed by atoms with Crippen molar-refractivity contribution in [1.82, 2.24) is 5.43 Å². The number of hydrazone groups is 1. The topological polar surface area (TPSA) is 50.7 Å². The quantitative estimate of drug-likeness (QED) is 0.466. The molecule has 114 valence electrons. The van der Waals surface area contributed by atoms with Crippen LogP contribution in [0.5, 0.6) is 5.75 Å². The van der Waals surface area contributed by atoms with E-state index in [2.05, 4.69) is 10.5 Å². The lowest BCUT2D eigenvalue weighted by atomic mass is 10.3. The first-order valence-corrected chi connectivity index (χ1v) is 7.72. The number of carbonyl (C=O) groups is 1. The van der Waals surface area contributed by atoms with Gasteiger partial charge in [0.05, 0.1) is 11.6 Å². The monoisotopic (exact) mass is 328 g/mol. The molecule has 1 aliphatic carbocycles. The van der Waals surface area contributed by atoms with E-state index in [1.807, 2.05) is 6.92 Å². The summed E-state index contributed by atoms with van der Waals surface area (Å²) >= 11 is 11.8. The van der Waals surface area contributed by atoms with Gasteiger partial charge in [-0.05, 0) is 50.3 Å². The molecule has 2 rings (SSSR count). The molecule has 1 aliphatic rings. The molecule has 1 fully saturated rings. The second-order valence-electron chi connectivity index (χ2n) is 5.09. The van der Waals surface area contributed by atoms with Gasteiger partial charge in [-0.2, -0.15) is 5.10 Å². The van der Waals surface area contributed by atoms with Crippen LogP contribution in [0.4, 0.5) is 0 Å². The zero-order valence-electron chi connectivity index (χ0n) is 11.9. The lowest BCUT2D eigenvalue weighted by Crippen LogP contribution is -2.19. The number of amides is 1. The van der Waals surface area contributed by atoms with Crippen molar-refractivity contribution >= 4 is 34.8 Å². The Hall–Kier alpha value is -1.26. The highest BCUT2D eigenvalue weighted by Crippen LogP contribution is 2.30. The van der Waals surface area contributed by atoms with E-state index in [4.69, 9.17) is 27.9 Å². The molecule has 0 aliphatic heterocycles. The maximum Gasteiger partial charge on any atom is 0.240 e. The smallest absolute Gasteiger partial charge is 0.240 e. The maximum absolute atomic E-state index is 11.6. The third-order valence-electron chi connectivity index (χ3n) is 3.22.